The quantitative estimate of drug-likeness (QED) is 0.534. The SMILES string of the molecule is O=C(c1ccccc1)C1CCN(C(=O)c2c[nH]c(=S)n2-c2ccccc2)CC1. The van der Waals surface area contributed by atoms with Crippen LogP contribution in [0.25, 0.3) is 5.69 Å². The molecule has 28 heavy (non-hydrogen) atoms. The Labute approximate surface area is 168 Å². The monoisotopic (exact) mass is 391 g/mol. The van der Waals surface area contributed by atoms with Crippen LogP contribution in [0.15, 0.2) is 66.9 Å². The van der Waals surface area contributed by atoms with Gasteiger partial charge >= 0.3 is 0 Å². The van der Waals surface area contributed by atoms with Crippen LogP contribution in [-0.2, 0) is 0 Å². The fraction of sp³-hybridized carbons (Fsp3) is 0.227. The number of hydrogen-bond acceptors (Lipinski definition) is 3. The van der Waals surface area contributed by atoms with E-state index in [4.69, 9.17) is 12.2 Å². The first-order valence-corrected chi connectivity index (χ1v) is 9.80. The number of amides is 1. The highest BCUT2D eigenvalue weighted by atomic mass is 32.1. The third-order valence-corrected chi connectivity index (χ3v) is 5.52. The summed E-state index contributed by atoms with van der Waals surface area (Å²) in [6.45, 7) is 1.13. The van der Waals surface area contributed by atoms with Gasteiger partial charge in [-0.3, -0.25) is 14.2 Å². The standard InChI is InChI=1S/C22H21N3O2S/c26-20(16-7-3-1-4-8-16)17-11-13-24(14-12-17)21(27)19-15-23-22(28)25(19)18-9-5-2-6-10-18/h1-10,15,17H,11-14H2,(H,23,28). The van der Waals surface area contributed by atoms with Crippen molar-refractivity contribution in [2.45, 2.75) is 12.8 Å². The van der Waals surface area contributed by atoms with Gasteiger partial charge in [0.05, 0.1) is 0 Å². The molecule has 142 valence electrons. The van der Waals surface area contributed by atoms with Crippen molar-refractivity contribution in [1.29, 1.82) is 0 Å². The summed E-state index contributed by atoms with van der Waals surface area (Å²) in [7, 11) is 0. The van der Waals surface area contributed by atoms with E-state index in [9.17, 15) is 9.59 Å². The van der Waals surface area contributed by atoms with Crippen molar-refractivity contribution in [3.63, 3.8) is 0 Å². The Morgan fingerprint density at radius 2 is 1.54 bits per heavy atom. The highest BCUT2D eigenvalue weighted by Crippen LogP contribution is 2.24. The second kappa shape index (κ2) is 7.94. The molecule has 1 N–H and O–H groups in total. The molecule has 2 aromatic carbocycles. The van der Waals surface area contributed by atoms with E-state index < -0.39 is 0 Å². The molecule has 4 rings (SSSR count). The molecule has 0 saturated carbocycles. The van der Waals surface area contributed by atoms with Gasteiger partial charge in [-0.1, -0.05) is 48.5 Å². The van der Waals surface area contributed by atoms with Crippen LogP contribution >= 0.6 is 12.2 Å². The van der Waals surface area contributed by atoms with E-state index in [0.29, 0.717) is 36.4 Å². The minimum Gasteiger partial charge on any atom is -0.337 e. The van der Waals surface area contributed by atoms with Crippen LogP contribution in [0.5, 0.6) is 0 Å². The smallest absolute Gasteiger partial charge is 0.272 e. The van der Waals surface area contributed by atoms with Gasteiger partial charge in [-0.05, 0) is 37.2 Å². The molecule has 3 aromatic rings. The molecular formula is C22H21N3O2S. The average Bonchev–Trinajstić information content (AvgIpc) is 3.15. The molecular weight excluding hydrogens is 370 g/mol. The first kappa shape index (κ1) is 18.4. The lowest BCUT2D eigenvalue weighted by atomic mass is 9.89. The maximum atomic E-state index is 13.1. The second-order valence-corrected chi connectivity index (χ2v) is 7.33. The number of ketones is 1. The van der Waals surface area contributed by atoms with Crippen LogP contribution in [0.1, 0.15) is 33.7 Å². The number of hydrogen-bond donors (Lipinski definition) is 1. The van der Waals surface area contributed by atoms with Crippen LogP contribution in [0, 0.1) is 10.7 Å². The van der Waals surface area contributed by atoms with E-state index in [2.05, 4.69) is 4.98 Å². The summed E-state index contributed by atoms with van der Waals surface area (Å²) in [5.74, 6) is 0.0665. The van der Waals surface area contributed by atoms with E-state index in [1.54, 1.807) is 10.8 Å². The fourth-order valence-electron chi connectivity index (χ4n) is 3.70. The minimum atomic E-state index is -0.0678. The Morgan fingerprint density at radius 3 is 2.18 bits per heavy atom. The summed E-state index contributed by atoms with van der Waals surface area (Å²) in [6, 6.07) is 19.0. The molecule has 1 aliphatic rings. The Hall–Kier alpha value is -2.99. The lowest BCUT2D eigenvalue weighted by molar-refractivity contribution is 0.0643. The molecule has 1 saturated heterocycles. The van der Waals surface area contributed by atoms with Crippen LogP contribution in [0.3, 0.4) is 0 Å². The van der Waals surface area contributed by atoms with Crippen molar-refractivity contribution >= 4 is 23.9 Å². The van der Waals surface area contributed by atoms with E-state index in [-0.39, 0.29) is 17.6 Å². The zero-order valence-corrected chi connectivity index (χ0v) is 16.2. The first-order valence-electron chi connectivity index (χ1n) is 9.39. The van der Waals surface area contributed by atoms with Crippen molar-refractivity contribution in [1.82, 2.24) is 14.5 Å². The fourth-order valence-corrected chi connectivity index (χ4v) is 3.97. The Morgan fingerprint density at radius 1 is 0.929 bits per heavy atom. The number of piperidine rings is 1. The highest BCUT2D eigenvalue weighted by molar-refractivity contribution is 7.71. The van der Waals surface area contributed by atoms with Gasteiger partial charge in [0.1, 0.15) is 5.69 Å². The maximum absolute atomic E-state index is 13.1. The number of aromatic nitrogens is 2. The van der Waals surface area contributed by atoms with E-state index >= 15 is 0 Å². The Kier molecular flexibility index (Phi) is 5.21. The molecule has 1 aliphatic heterocycles. The highest BCUT2D eigenvalue weighted by Gasteiger charge is 2.29. The maximum Gasteiger partial charge on any atom is 0.272 e. The zero-order valence-electron chi connectivity index (χ0n) is 15.4. The van der Waals surface area contributed by atoms with Crippen molar-refractivity contribution in [2.75, 3.05) is 13.1 Å². The van der Waals surface area contributed by atoms with Gasteiger partial charge in [-0.2, -0.15) is 0 Å². The lowest BCUT2D eigenvalue weighted by Gasteiger charge is -2.31. The molecule has 0 spiro atoms. The summed E-state index contributed by atoms with van der Waals surface area (Å²) in [5, 5.41) is 0. The summed E-state index contributed by atoms with van der Waals surface area (Å²) in [4.78, 5) is 30.6. The van der Waals surface area contributed by atoms with E-state index in [1.165, 1.54) is 0 Å². The van der Waals surface area contributed by atoms with E-state index in [0.717, 1.165) is 11.3 Å². The molecule has 0 atom stereocenters. The predicted molar refractivity (Wildman–Crippen MR) is 110 cm³/mol. The number of carbonyl (C=O) groups is 2. The summed E-state index contributed by atoms with van der Waals surface area (Å²) >= 11 is 5.37. The number of likely N-dealkylation sites (tertiary alicyclic amines) is 1. The normalized spacial score (nSPS) is 14.8. The Balaban J connectivity index is 1.48. The van der Waals surface area contributed by atoms with Gasteiger partial charge in [0.25, 0.3) is 5.91 Å². The van der Waals surface area contributed by atoms with Gasteiger partial charge < -0.3 is 9.88 Å². The molecule has 0 unspecified atom stereocenters. The summed E-state index contributed by atoms with van der Waals surface area (Å²) < 4.78 is 2.25. The molecule has 2 heterocycles. The van der Waals surface area contributed by atoms with Crippen molar-refractivity contribution < 1.29 is 9.59 Å². The number of nitrogens with zero attached hydrogens (tertiary/aromatic N) is 2. The van der Waals surface area contributed by atoms with Crippen LogP contribution < -0.4 is 0 Å². The van der Waals surface area contributed by atoms with Crippen molar-refractivity contribution in [2.24, 2.45) is 5.92 Å². The molecule has 0 radical (unpaired) electrons. The predicted octanol–water partition coefficient (Wildman–Crippen LogP) is 4.27. The molecule has 5 nitrogen and oxygen atoms in total. The average molecular weight is 391 g/mol. The zero-order chi connectivity index (χ0) is 19.5. The Bertz CT molecular complexity index is 1030. The van der Waals surface area contributed by atoms with Crippen molar-refractivity contribution in [3.05, 3.63) is 82.9 Å². The number of H-pyrrole nitrogens is 1. The molecule has 1 amide bonds. The van der Waals surface area contributed by atoms with Crippen LogP contribution in [0.2, 0.25) is 0 Å². The second-order valence-electron chi connectivity index (χ2n) is 6.95. The molecule has 6 heteroatoms. The van der Waals surface area contributed by atoms with Gasteiger partial charge in [0.2, 0.25) is 0 Å². The third kappa shape index (κ3) is 3.55. The molecule has 1 fully saturated rings. The summed E-state index contributed by atoms with van der Waals surface area (Å²) in [6.07, 6.45) is 3.02. The number of nitrogens with one attached hydrogen (secondary N) is 1. The van der Waals surface area contributed by atoms with Crippen LogP contribution in [-0.4, -0.2) is 39.2 Å². The number of Topliss-reactive ketones (excluding diaryl/α,β-unsaturated/α-hetero) is 1. The largest absolute Gasteiger partial charge is 0.337 e. The number of imidazole rings is 1. The van der Waals surface area contributed by atoms with Gasteiger partial charge in [0, 0.05) is 36.5 Å². The first-order chi connectivity index (χ1) is 13.6. The number of rotatable bonds is 4. The minimum absolute atomic E-state index is 0.0339. The number of para-hydroxylation sites is 1. The van der Waals surface area contributed by atoms with Gasteiger partial charge in [-0.15, -0.1) is 0 Å². The lowest BCUT2D eigenvalue weighted by Crippen LogP contribution is -2.41. The number of benzene rings is 2. The molecule has 0 bridgehead atoms. The van der Waals surface area contributed by atoms with E-state index in [1.807, 2.05) is 65.6 Å². The number of carbonyl (C=O) groups excluding carboxylic acids is 2. The molecule has 0 aliphatic carbocycles. The molecule has 1 aromatic heterocycles. The third-order valence-electron chi connectivity index (χ3n) is 5.22. The topological polar surface area (TPSA) is 58.1 Å². The number of aromatic amines is 1. The van der Waals surface area contributed by atoms with Crippen LogP contribution in [0.4, 0.5) is 0 Å². The van der Waals surface area contributed by atoms with Gasteiger partial charge in [0.15, 0.2) is 10.6 Å². The van der Waals surface area contributed by atoms with Gasteiger partial charge in [-0.25, -0.2) is 0 Å². The van der Waals surface area contributed by atoms with Crippen molar-refractivity contribution in [3.8, 4) is 5.69 Å². The summed E-state index contributed by atoms with van der Waals surface area (Å²) in [5.41, 5.74) is 2.12.